The number of piperazine rings is 1. The molecule has 0 saturated carbocycles. The second-order valence-corrected chi connectivity index (χ2v) is 8.90. The lowest BCUT2D eigenvalue weighted by molar-refractivity contribution is -0.00432. The van der Waals surface area contributed by atoms with Crippen molar-refractivity contribution in [3.05, 3.63) is 53.6 Å². The Hall–Kier alpha value is -2.24. The van der Waals surface area contributed by atoms with E-state index in [9.17, 15) is 0 Å². The Morgan fingerprint density at radius 1 is 0.967 bits per heavy atom. The summed E-state index contributed by atoms with van der Waals surface area (Å²) in [7, 11) is 3.42. The van der Waals surface area contributed by atoms with Crippen LogP contribution in [0.5, 0.6) is 11.5 Å². The topological polar surface area (TPSA) is 34.2 Å². The van der Waals surface area contributed by atoms with Gasteiger partial charge in [0.05, 0.1) is 26.9 Å². The van der Waals surface area contributed by atoms with E-state index in [4.69, 9.17) is 14.2 Å². The molecule has 2 heterocycles. The van der Waals surface area contributed by atoms with Gasteiger partial charge in [0.1, 0.15) is 0 Å². The molecule has 30 heavy (non-hydrogen) atoms. The highest BCUT2D eigenvalue weighted by Crippen LogP contribution is 2.47. The van der Waals surface area contributed by atoms with E-state index in [-0.39, 0.29) is 11.5 Å². The lowest BCUT2D eigenvalue weighted by Crippen LogP contribution is -2.47. The SMILES string of the molecule is COc1ccc2c(c1OC)C(C)(C)COC2CCN1CCN(c2ccccc2)CC1. The molecular weight excluding hydrogens is 376 g/mol. The predicted molar refractivity (Wildman–Crippen MR) is 121 cm³/mol. The zero-order chi connectivity index (χ0) is 21.1. The Morgan fingerprint density at radius 3 is 2.37 bits per heavy atom. The molecular formula is C25H34N2O3. The summed E-state index contributed by atoms with van der Waals surface area (Å²) in [6, 6.07) is 14.9. The van der Waals surface area contributed by atoms with Gasteiger partial charge in [-0.15, -0.1) is 0 Å². The van der Waals surface area contributed by atoms with Gasteiger partial charge in [0.15, 0.2) is 11.5 Å². The fraction of sp³-hybridized carbons (Fsp3) is 0.520. The van der Waals surface area contributed by atoms with E-state index < -0.39 is 0 Å². The quantitative estimate of drug-likeness (QED) is 0.711. The summed E-state index contributed by atoms with van der Waals surface area (Å²) in [5, 5.41) is 0. The van der Waals surface area contributed by atoms with Crippen molar-refractivity contribution in [3.63, 3.8) is 0 Å². The van der Waals surface area contributed by atoms with Gasteiger partial charge in [-0.25, -0.2) is 0 Å². The summed E-state index contributed by atoms with van der Waals surface area (Å²) < 4.78 is 17.7. The molecule has 2 aromatic rings. The third kappa shape index (κ3) is 4.14. The summed E-state index contributed by atoms with van der Waals surface area (Å²) in [6.45, 7) is 10.5. The second kappa shape index (κ2) is 8.86. The van der Waals surface area contributed by atoms with Crippen LogP contribution in [-0.2, 0) is 10.2 Å². The smallest absolute Gasteiger partial charge is 0.164 e. The lowest BCUT2D eigenvalue weighted by atomic mass is 9.77. The third-order valence-electron chi connectivity index (χ3n) is 6.45. The summed E-state index contributed by atoms with van der Waals surface area (Å²) in [5.41, 5.74) is 3.69. The standard InChI is InChI=1S/C25H34N2O3/c1-25(2)18-30-21(20-10-11-22(28-3)24(29-4)23(20)25)12-13-26-14-16-27(17-15-26)19-8-6-5-7-9-19/h5-11,21H,12-18H2,1-4H3. The molecule has 1 atom stereocenters. The number of ether oxygens (including phenoxy) is 3. The van der Waals surface area contributed by atoms with E-state index in [1.54, 1.807) is 14.2 Å². The van der Waals surface area contributed by atoms with Crippen LogP contribution in [0.4, 0.5) is 5.69 Å². The van der Waals surface area contributed by atoms with Gasteiger partial charge in [-0.1, -0.05) is 38.1 Å². The molecule has 0 aromatic heterocycles. The molecule has 1 unspecified atom stereocenters. The Morgan fingerprint density at radius 2 is 1.70 bits per heavy atom. The van der Waals surface area contributed by atoms with Crippen LogP contribution >= 0.6 is 0 Å². The number of fused-ring (bicyclic) bond motifs is 1. The van der Waals surface area contributed by atoms with Crippen LogP contribution in [0, 0.1) is 0 Å². The maximum atomic E-state index is 6.34. The molecule has 5 nitrogen and oxygen atoms in total. The molecule has 0 amide bonds. The average molecular weight is 411 g/mol. The minimum Gasteiger partial charge on any atom is -0.493 e. The number of benzene rings is 2. The van der Waals surface area contributed by atoms with E-state index in [1.807, 2.05) is 6.07 Å². The van der Waals surface area contributed by atoms with E-state index >= 15 is 0 Å². The summed E-state index contributed by atoms with van der Waals surface area (Å²) in [4.78, 5) is 5.03. The second-order valence-electron chi connectivity index (χ2n) is 8.90. The monoisotopic (exact) mass is 410 g/mol. The van der Waals surface area contributed by atoms with Crippen LogP contribution in [0.25, 0.3) is 0 Å². The van der Waals surface area contributed by atoms with Crippen LogP contribution in [0.2, 0.25) is 0 Å². The van der Waals surface area contributed by atoms with Crippen molar-refractivity contribution in [2.24, 2.45) is 0 Å². The van der Waals surface area contributed by atoms with Gasteiger partial charge < -0.3 is 19.1 Å². The Kier molecular flexibility index (Phi) is 6.21. The first-order chi connectivity index (χ1) is 14.5. The minimum atomic E-state index is -0.104. The van der Waals surface area contributed by atoms with Crippen molar-refractivity contribution in [3.8, 4) is 11.5 Å². The number of para-hydroxylation sites is 1. The predicted octanol–water partition coefficient (Wildman–Crippen LogP) is 4.27. The van der Waals surface area contributed by atoms with Gasteiger partial charge in [-0.05, 0) is 30.2 Å². The van der Waals surface area contributed by atoms with Crippen LogP contribution in [0.3, 0.4) is 0 Å². The van der Waals surface area contributed by atoms with E-state index in [0.717, 1.165) is 50.6 Å². The maximum Gasteiger partial charge on any atom is 0.164 e. The first-order valence-electron chi connectivity index (χ1n) is 10.9. The number of methoxy groups -OCH3 is 2. The normalized spacial score (nSPS) is 21.2. The highest BCUT2D eigenvalue weighted by atomic mass is 16.5. The number of hydrogen-bond donors (Lipinski definition) is 0. The van der Waals surface area contributed by atoms with Gasteiger partial charge >= 0.3 is 0 Å². The highest BCUT2D eigenvalue weighted by Gasteiger charge is 2.37. The number of anilines is 1. The fourth-order valence-electron chi connectivity index (χ4n) is 4.79. The first-order valence-corrected chi connectivity index (χ1v) is 10.9. The van der Waals surface area contributed by atoms with Gasteiger partial charge in [-0.2, -0.15) is 0 Å². The Labute approximate surface area is 180 Å². The molecule has 162 valence electrons. The van der Waals surface area contributed by atoms with Gasteiger partial charge in [0.25, 0.3) is 0 Å². The van der Waals surface area contributed by atoms with Crippen LogP contribution in [0.1, 0.15) is 37.5 Å². The maximum absolute atomic E-state index is 6.34. The highest BCUT2D eigenvalue weighted by molar-refractivity contribution is 5.55. The Bertz CT molecular complexity index is 845. The van der Waals surface area contributed by atoms with Crippen molar-refractivity contribution >= 4 is 5.69 Å². The molecule has 1 saturated heterocycles. The van der Waals surface area contributed by atoms with E-state index in [0.29, 0.717) is 6.61 Å². The van der Waals surface area contributed by atoms with Crippen molar-refractivity contribution in [2.45, 2.75) is 31.8 Å². The fourth-order valence-corrected chi connectivity index (χ4v) is 4.79. The van der Waals surface area contributed by atoms with Crippen molar-refractivity contribution in [1.82, 2.24) is 4.90 Å². The molecule has 2 aromatic carbocycles. The summed E-state index contributed by atoms with van der Waals surface area (Å²) in [6.07, 6.45) is 1.09. The Balaban J connectivity index is 1.42. The molecule has 0 radical (unpaired) electrons. The molecule has 0 aliphatic carbocycles. The van der Waals surface area contributed by atoms with Crippen molar-refractivity contribution in [2.75, 3.05) is 58.5 Å². The molecule has 1 fully saturated rings. The molecule has 0 bridgehead atoms. The van der Waals surface area contributed by atoms with E-state index in [2.05, 4.69) is 60.0 Å². The molecule has 2 aliphatic heterocycles. The van der Waals surface area contributed by atoms with Crippen molar-refractivity contribution < 1.29 is 14.2 Å². The van der Waals surface area contributed by atoms with E-state index in [1.165, 1.54) is 16.8 Å². The molecule has 5 heteroatoms. The van der Waals surface area contributed by atoms with Crippen molar-refractivity contribution in [1.29, 1.82) is 0 Å². The average Bonchev–Trinajstić information content (AvgIpc) is 2.78. The van der Waals surface area contributed by atoms with Crippen LogP contribution < -0.4 is 14.4 Å². The minimum absolute atomic E-state index is 0.0972. The summed E-state index contributed by atoms with van der Waals surface area (Å²) in [5.74, 6) is 1.65. The number of nitrogens with zero attached hydrogens (tertiary/aromatic N) is 2. The largest absolute Gasteiger partial charge is 0.493 e. The van der Waals surface area contributed by atoms with Gasteiger partial charge in [-0.3, -0.25) is 4.90 Å². The molecule has 2 aliphatic rings. The molecule has 4 rings (SSSR count). The zero-order valence-electron chi connectivity index (χ0n) is 18.7. The first kappa shape index (κ1) is 21.0. The number of hydrogen-bond acceptors (Lipinski definition) is 5. The third-order valence-corrected chi connectivity index (χ3v) is 6.45. The van der Waals surface area contributed by atoms with Crippen LogP contribution in [-0.4, -0.2) is 58.5 Å². The molecule has 0 spiro atoms. The number of rotatable bonds is 6. The van der Waals surface area contributed by atoms with Crippen LogP contribution in [0.15, 0.2) is 42.5 Å². The molecule has 0 N–H and O–H groups in total. The van der Waals surface area contributed by atoms with Gasteiger partial charge in [0, 0.05) is 49.4 Å². The zero-order valence-corrected chi connectivity index (χ0v) is 18.7. The van der Waals surface area contributed by atoms with Gasteiger partial charge in [0.2, 0.25) is 0 Å². The summed E-state index contributed by atoms with van der Waals surface area (Å²) >= 11 is 0. The lowest BCUT2D eigenvalue weighted by Gasteiger charge is -2.40.